The van der Waals surface area contributed by atoms with Gasteiger partial charge in [-0.1, -0.05) is 33.3 Å². The van der Waals surface area contributed by atoms with Crippen molar-refractivity contribution in [1.82, 2.24) is 0 Å². The number of fused-ring (bicyclic) bond motifs is 2. The second-order valence-electron chi connectivity index (χ2n) is 10.0. The van der Waals surface area contributed by atoms with Gasteiger partial charge in [-0.05, 0) is 55.9 Å². The predicted octanol–water partition coefficient (Wildman–Crippen LogP) is 4.49. The fourth-order valence-corrected chi connectivity index (χ4v) is 6.37. The Morgan fingerprint density at radius 3 is 2.52 bits per heavy atom. The molecule has 5 nitrogen and oxygen atoms in total. The van der Waals surface area contributed by atoms with Gasteiger partial charge in [-0.2, -0.15) is 0 Å². The number of carbonyl (C=O) groups is 2. The topological polar surface area (TPSA) is 72.8 Å². The van der Waals surface area contributed by atoms with Crippen molar-refractivity contribution in [3.8, 4) is 0 Å². The van der Waals surface area contributed by atoms with Crippen LogP contribution in [0.5, 0.6) is 0 Å². The summed E-state index contributed by atoms with van der Waals surface area (Å²) >= 11 is 0. The van der Waals surface area contributed by atoms with Gasteiger partial charge in [0.2, 0.25) is 0 Å². The highest BCUT2D eigenvalue weighted by Crippen LogP contribution is 2.66. The Morgan fingerprint density at radius 2 is 1.89 bits per heavy atom. The van der Waals surface area contributed by atoms with E-state index in [0.717, 1.165) is 31.3 Å². The molecule has 4 atom stereocenters. The van der Waals surface area contributed by atoms with Gasteiger partial charge in [0.05, 0.1) is 17.6 Å². The second-order valence-corrected chi connectivity index (χ2v) is 10.0. The van der Waals surface area contributed by atoms with Crippen molar-refractivity contribution in [2.24, 2.45) is 16.7 Å². The van der Waals surface area contributed by atoms with Crippen molar-refractivity contribution >= 4 is 11.9 Å². The number of esters is 1. The van der Waals surface area contributed by atoms with E-state index in [1.165, 1.54) is 13.3 Å². The molecular weight excluding hydrogens is 344 g/mol. The minimum atomic E-state index is -0.832. The minimum absolute atomic E-state index is 0.000263. The number of hydrogen-bond donors (Lipinski definition) is 1. The van der Waals surface area contributed by atoms with Crippen LogP contribution in [-0.4, -0.2) is 34.9 Å². The van der Waals surface area contributed by atoms with Gasteiger partial charge in [0.25, 0.3) is 0 Å². The normalized spacial score (nSPS) is 40.3. The maximum atomic E-state index is 11.5. The van der Waals surface area contributed by atoms with Gasteiger partial charge in [-0.3, -0.25) is 9.59 Å². The van der Waals surface area contributed by atoms with Crippen molar-refractivity contribution in [2.75, 3.05) is 6.61 Å². The van der Waals surface area contributed by atoms with E-state index in [0.29, 0.717) is 12.3 Å². The summed E-state index contributed by atoms with van der Waals surface area (Å²) in [5, 5.41) is 9.38. The Hall–Kier alpha value is -1.36. The number of carboxylic acids is 1. The minimum Gasteiger partial charge on any atom is -0.481 e. The Morgan fingerprint density at radius 1 is 1.19 bits per heavy atom. The van der Waals surface area contributed by atoms with Crippen LogP contribution in [0.25, 0.3) is 0 Å². The Kier molecular flexibility index (Phi) is 4.99. The Bertz CT molecular complexity index is 666. The molecule has 0 aromatic rings. The van der Waals surface area contributed by atoms with E-state index in [4.69, 9.17) is 9.47 Å². The lowest BCUT2D eigenvalue weighted by atomic mass is 9.46. The van der Waals surface area contributed by atoms with E-state index in [1.54, 1.807) is 0 Å². The first-order valence-corrected chi connectivity index (χ1v) is 10.2. The molecular formula is C22H34O5. The fourth-order valence-electron chi connectivity index (χ4n) is 6.37. The summed E-state index contributed by atoms with van der Waals surface area (Å²) in [6, 6.07) is 0. The number of rotatable bonds is 4. The summed E-state index contributed by atoms with van der Waals surface area (Å²) in [4.78, 5) is 22.9. The van der Waals surface area contributed by atoms with Gasteiger partial charge in [0.1, 0.15) is 6.61 Å². The van der Waals surface area contributed by atoms with Crippen molar-refractivity contribution in [3.63, 3.8) is 0 Å². The van der Waals surface area contributed by atoms with Gasteiger partial charge < -0.3 is 14.6 Å². The van der Waals surface area contributed by atoms with Gasteiger partial charge in [0.15, 0.2) is 0 Å². The molecule has 2 aliphatic carbocycles. The monoisotopic (exact) mass is 378 g/mol. The molecule has 0 aromatic heterocycles. The molecule has 1 N–H and O–H groups in total. The second kappa shape index (κ2) is 6.61. The lowest BCUT2D eigenvalue weighted by Crippen LogP contribution is -2.60. The molecule has 3 aliphatic rings. The van der Waals surface area contributed by atoms with E-state index >= 15 is 0 Å². The SMILES string of the molecule is CC(=O)OCC1=CC[C@@H]2C(C)(C)CCC[C@]2(C)[C@]12CC[C@@](C)(CC(=O)O)O2. The summed E-state index contributed by atoms with van der Waals surface area (Å²) in [5.41, 5.74) is -0.0855. The fraction of sp³-hybridized carbons (Fsp3) is 0.818. The Balaban J connectivity index is 2.04. The molecule has 1 saturated carbocycles. The number of carbonyl (C=O) groups excluding carboxylic acids is 1. The molecule has 2 fully saturated rings. The third kappa shape index (κ3) is 3.32. The maximum absolute atomic E-state index is 11.5. The number of carboxylic acid groups (broad SMARTS) is 1. The van der Waals surface area contributed by atoms with Crippen molar-refractivity contribution in [2.45, 2.75) is 90.8 Å². The van der Waals surface area contributed by atoms with E-state index in [-0.39, 0.29) is 29.8 Å². The zero-order chi connectivity index (χ0) is 20.1. The number of hydrogen-bond acceptors (Lipinski definition) is 4. The first-order chi connectivity index (χ1) is 12.4. The molecule has 1 saturated heterocycles. The zero-order valence-electron chi connectivity index (χ0n) is 17.4. The summed E-state index contributed by atoms with van der Waals surface area (Å²) in [7, 11) is 0. The van der Waals surface area contributed by atoms with E-state index < -0.39 is 17.2 Å². The lowest BCUT2D eigenvalue weighted by molar-refractivity contribution is -0.196. The van der Waals surface area contributed by atoms with Crippen LogP contribution in [0, 0.1) is 16.7 Å². The quantitative estimate of drug-likeness (QED) is 0.576. The highest BCUT2D eigenvalue weighted by Gasteiger charge is 2.65. The molecule has 0 aromatic carbocycles. The highest BCUT2D eigenvalue weighted by atomic mass is 16.5. The van der Waals surface area contributed by atoms with Crippen LogP contribution in [0.4, 0.5) is 0 Å². The molecule has 27 heavy (non-hydrogen) atoms. The highest BCUT2D eigenvalue weighted by molar-refractivity contribution is 5.68. The van der Waals surface area contributed by atoms with E-state index in [2.05, 4.69) is 26.8 Å². The maximum Gasteiger partial charge on any atom is 0.306 e. The van der Waals surface area contributed by atoms with Crippen LogP contribution in [-0.2, 0) is 19.1 Å². The molecule has 0 amide bonds. The van der Waals surface area contributed by atoms with Gasteiger partial charge in [-0.25, -0.2) is 0 Å². The van der Waals surface area contributed by atoms with Crippen molar-refractivity contribution in [1.29, 1.82) is 0 Å². The first kappa shape index (κ1) is 20.4. The smallest absolute Gasteiger partial charge is 0.306 e. The standard InChI is InChI=1S/C22H34O5/c1-15(23)26-14-16-7-8-17-19(2,3)9-6-10-21(17,5)22(16)12-11-20(4,27-22)13-18(24)25/h7,17H,6,8-14H2,1-5H3,(H,24,25)/t17-,20+,21+,22+/m1/s1. The number of allylic oxidation sites excluding steroid dienone is 1. The summed E-state index contributed by atoms with van der Waals surface area (Å²) in [6.07, 6.45) is 8.06. The number of ether oxygens (including phenoxy) is 2. The van der Waals surface area contributed by atoms with Crippen LogP contribution in [0.15, 0.2) is 11.6 Å². The Labute approximate surface area is 162 Å². The third-order valence-corrected chi connectivity index (χ3v) is 7.65. The van der Waals surface area contributed by atoms with Crippen LogP contribution in [0.3, 0.4) is 0 Å². The summed E-state index contributed by atoms with van der Waals surface area (Å²) < 4.78 is 12.1. The molecule has 5 heteroatoms. The zero-order valence-corrected chi connectivity index (χ0v) is 17.4. The van der Waals surface area contributed by atoms with Gasteiger partial charge in [0, 0.05) is 12.3 Å². The predicted molar refractivity (Wildman–Crippen MR) is 102 cm³/mol. The van der Waals surface area contributed by atoms with Gasteiger partial charge in [-0.15, -0.1) is 0 Å². The van der Waals surface area contributed by atoms with Crippen LogP contribution in [0.1, 0.15) is 79.6 Å². The summed E-state index contributed by atoms with van der Waals surface area (Å²) in [5.74, 6) is -0.665. The molecule has 152 valence electrons. The summed E-state index contributed by atoms with van der Waals surface area (Å²) in [6.45, 7) is 10.6. The largest absolute Gasteiger partial charge is 0.481 e. The molecule has 0 bridgehead atoms. The van der Waals surface area contributed by atoms with Crippen molar-refractivity contribution in [3.05, 3.63) is 11.6 Å². The van der Waals surface area contributed by atoms with E-state index in [9.17, 15) is 14.7 Å². The average molecular weight is 379 g/mol. The van der Waals surface area contributed by atoms with Gasteiger partial charge >= 0.3 is 11.9 Å². The first-order valence-electron chi connectivity index (χ1n) is 10.2. The molecule has 0 unspecified atom stereocenters. The average Bonchev–Trinajstić information content (AvgIpc) is 2.86. The van der Waals surface area contributed by atoms with Crippen LogP contribution >= 0.6 is 0 Å². The van der Waals surface area contributed by atoms with Crippen LogP contribution in [0.2, 0.25) is 0 Å². The molecule has 0 radical (unpaired) electrons. The van der Waals surface area contributed by atoms with Crippen molar-refractivity contribution < 1.29 is 24.2 Å². The molecule has 3 rings (SSSR count). The molecule has 1 heterocycles. The van der Waals surface area contributed by atoms with Crippen LogP contribution < -0.4 is 0 Å². The number of aliphatic carboxylic acids is 1. The molecule has 1 spiro atoms. The third-order valence-electron chi connectivity index (χ3n) is 7.65. The molecule has 1 aliphatic heterocycles. The van der Waals surface area contributed by atoms with E-state index in [1.807, 2.05) is 6.92 Å². The lowest BCUT2D eigenvalue weighted by Gasteiger charge is -2.61.